The molecule has 96 valence electrons. The molecule has 1 saturated heterocycles. The number of aliphatic hydroxyl groups is 1. The third kappa shape index (κ3) is 1.92. The molecule has 0 unspecified atom stereocenters. The number of nitrogens with zero attached hydrogens (tertiary/aromatic N) is 1. The number of carbonyl (C=O) groups is 2. The van der Waals surface area contributed by atoms with Gasteiger partial charge in [-0.05, 0) is 26.2 Å². The van der Waals surface area contributed by atoms with Gasteiger partial charge in [0.2, 0.25) is 5.91 Å². The Morgan fingerprint density at radius 3 is 2.53 bits per heavy atom. The summed E-state index contributed by atoms with van der Waals surface area (Å²) < 4.78 is 4.98. The summed E-state index contributed by atoms with van der Waals surface area (Å²) >= 11 is 0. The van der Waals surface area contributed by atoms with E-state index in [4.69, 9.17) is 4.74 Å². The molecule has 5 heteroatoms. The zero-order valence-electron chi connectivity index (χ0n) is 10.1. The molecule has 0 aromatic carbocycles. The molecule has 0 aromatic heterocycles. The third-order valence-electron chi connectivity index (χ3n) is 3.74. The molecule has 0 bridgehead atoms. The molecule has 1 aliphatic heterocycles. The monoisotopic (exact) mass is 241 g/mol. The molecule has 2 rings (SSSR count). The Morgan fingerprint density at radius 2 is 2.06 bits per heavy atom. The Bertz CT molecular complexity index is 324. The highest BCUT2D eigenvalue weighted by Gasteiger charge is 2.67. The molecule has 0 spiro atoms. The van der Waals surface area contributed by atoms with E-state index < -0.39 is 11.4 Å². The van der Waals surface area contributed by atoms with Gasteiger partial charge in [-0.25, -0.2) is 0 Å². The maximum absolute atomic E-state index is 12.3. The van der Waals surface area contributed by atoms with E-state index in [1.165, 1.54) is 0 Å². The lowest BCUT2D eigenvalue weighted by atomic mass is 10.0. The molecule has 1 N–H and O–H groups in total. The van der Waals surface area contributed by atoms with Crippen molar-refractivity contribution in [2.45, 2.75) is 26.2 Å². The number of hydrogen-bond donors (Lipinski definition) is 1. The number of rotatable bonds is 4. The first-order valence-corrected chi connectivity index (χ1v) is 6.24. The smallest absolute Gasteiger partial charge is 0.322 e. The van der Waals surface area contributed by atoms with E-state index in [-0.39, 0.29) is 25.0 Å². The van der Waals surface area contributed by atoms with Crippen LogP contribution in [0.5, 0.6) is 0 Å². The van der Waals surface area contributed by atoms with E-state index >= 15 is 0 Å². The van der Waals surface area contributed by atoms with Gasteiger partial charge < -0.3 is 14.7 Å². The van der Waals surface area contributed by atoms with Gasteiger partial charge in [-0.3, -0.25) is 9.59 Å². The highest BCUT2D eigenvalue weighted by Crippen LogP contribution is 2.54. The molecular formula is C12H19NO4. The Hall–Kier alpha value is -1.10. The van der Waals surface area contributed by atoms with Crippen LogP contribution in [0.15, 0.2) is 0 Å². The maximum atomic E-state index is 12.3. The molecule has 2 atom stereocenters. The summed E-state index contributed by atoms with van der Waals surface area (Å²) in [5.74, 6) is -0.863. The van der Waals surface area contributed by atoms with Crippen molar-refractivity contribution in [3.8, 4) is 0 Å². The van der Waals surface area contributed by atoms with Gasteiger partial charge in [0.25, 0.3) is 0 Å². The van der Waals surface area contributed by atoms with Crippen molar-refractivity contribution in [1.82, 2.24) is 4.90 Å². The summed E-state index contributed by atoms with van der Waals surface area (Å²) in [5, 5.41) is 9.17. The highest BCUT2D eigenvalue weighted by molar-refractivity contribution is 6.06. The average molecular weight is 241 g/mol. The predicted molar refractivity (Wildman–Crippen MR) is 60.1 cm³/mol. The summed E-state index contributed by atoms with van der Waals surface area (Å²) in [6, 6.07) is 0. The fraction of sp³-hybridized carbons (Fsp3) is 0.833. The minimum Gasteiger partial charge on any atom is -0.465 e. The number of carbonyl (C=O) groups excluding carboxylic acids is 2. The summed E-state index contributed by atoms with van der Waals surface area (Å²) in [7, 11) is 0. The maximum Gasteiger partial charge on any atom is 0.322 e. The minimum absolute atomic E-state index is 0.127. The predicted octanol–water partition coefficient (Wildman–Crippen LogP) is 0.170. The lowest BCUT2D eigenvalue weighted by molar-refractivity contribution is -0.158. The molecule has 17 heavy (non-hydrogen) atoms. The zero-order valence-corrected chi connectivity index (χ0v) is 10.1. The lowest BCUT2D eigenvalue weighted by Gasteiger charge is -2.22. The van der Waals surface area contributed by atoms with Crippen LogP contribution in [0.2, 0.25) is 0 Å². The van der Waals surface area contributed by atoms with Crippen molar-refractivity contribution in [2.75, 3.05) is 26.3 Å². The van der Waals surface area contributed by atoms with Crippen LogP contribution < -0.4 is 0 Å². The van der Waals surface area contributed by atoms with Crippen molar-refractivity contribution in [3.05, 3.63) is 0 Å². The molecular weight excluding hydrogens is 222 g/mol. The Kier molecular flexibility index (Phi) is 3.38. The van der Waals surface area contributed by atoms with Crippen LogP contribution >= 0.6 is 0 Å². The summed E-state index contributed by atoms with van der Waals surface area (Å²) in [6.07, 6.45) is 2.42. The number of esters is 1. The second kappa shape index (κ2) is 4.64. The second-order valence-electron chi connectivity index (χ2n) is 4.77. The van der Waals surface area contributed by atoms with Gasteiger partial charge in [-0.2, -0.15) is 0 Å². The van der Waals surface area contributed by atoms with Crippen LogP contribution in [0.25, 0.3) is 0 Å². The van der Waals surface area contributed by atoms with Crippen LogP contribution in [-0.4, -0.2) is 48.2 Å². The molecule has 0 aromatic rings. The standard InChI is InChI=1S/C12H19NO4/c1-2-17-11(16)12(7-9(12)8-14)10(15)13-5-3-4-6-13/h9,14H,2-8H2,1H3/t9-,12+/m0/s1. The topological polar surface area (TPSA) is 66.8 Å². The van der Waals surface area contributed by atoms with Crippen molar-refractivity contribution < 1.29 is 19.4 Å². The second-order valence-corrected chi connectivity index (χ2v) is 4.77. The van der Waals surface area contributed by atoms with Crippen molar-refractivity contribution in [3.63, 3.8) is 0 Å². The van der Waals surface area contributed by atoms with Gasteiger partial charge >= 0.3 is 5.97 Å². The van der Waals surface area contributed by atoms with E-state index in [0.29, 0.717) is 6.42 Å². The van der Waals surface area contributed by atoms with E-state index in [2.05, 4.69) is 0 Å². The van der Waals surface area contributed by atoms with Crippen molar-refractivity contribution in [1.29, 1.82) is 0 Å². The van der Waals surface area contributed by atoms with Crippen LogP contribution in [0.1, 0.15) is 26.2 Å². The first-order chi connectivity index (χ1) is 8.16. The summed E-state index contributed by atoms with van der Waals surface area (Å²) in [6.45, 7) is 3.31. The Labute approximate surface area is 101 Å². The highest BCUT2D eigenvalue weighted by atomic mass is 16.5. The van der Waals surface area contributed by atoms with E-state index in [9.17, 15) is 14.7 Å². The quantitative estimate of drug-likeness (QED) is 0.563. The Morgan fingerprint density at radius 1 is 1.41 bits per heavy atom. The Balaban J connectivity index is 2.12. The fourth-order valence-corrected chi connectivity index (χ4v) is 2.61. The first kappa shape index (κ1) is 12.4. The normalized spacial score (nSPS) is 31.4. The number of hydrogen-bond acceptors (Lipinski definition) is 4. The van der Waals surface area contributed by atoms with Gasteiger partial charge in [0.1, 0.15) is 0 Å². The van der Waals surface area contributed by atoms with Crippen LogP contribution in [-0.2, 0) is 14.3 Å². The first-order valence-electron chi connectivity index (χ1n) is 6.24. The van der Waals surface area contributed by atoms with Gasteiger partial charge in [0.05, 0.1) is 6.61 Å². The summed E-state index contributed by atoms with van der Waals surface area (Å²) in [4.78, 5) is 26.0. The minimum atomic E-state index is -1.07. The molecule has 1 aliphatic carbocycles. The molecule has 1 amide bonds. The lowest BCUT2D eigenvalue weighted by Crippen LogP contribution is -2.41. The molecule has 0 radical (unpaired) electrons. The number of aliphatic hydroxyl groups excluding tert-OH is 1. The van der Waals surface area contributed by atoms with Gasteiger partial charge in [-0.1, -0.05) is 0 Å². The van der Waals surface area contributed by atoms with Gasteiger partial charge in [0.15, 0.2) is 5.41 Å². The van der Waals surface area contributed by atoms with Gasteiger partial charge in [0, 0.05) is 25.6 Å². The van der Waals surface area contributed by atoms with Gasteiger partial charge in [-0.15, -0.1) is 0 Å². The van der Waals surface area contributed by atoms with E-state index in [1.807, 2.05) is 0 Å². The molecule has 2 fully saturated rings. The molecule has 5 nitrogen and oxygen atoms in total. The summed E-state index contributed by atoms with van der Waals surface area (Å²) in [5.41, 5.74) is -1.07. The zero-order chi connectivity index (χ0) is 12.5. The van der Waals surface area contributed by atoms with E-state index in [1.54, 1.807) is 11.8 Å². The molecule has 1 saturated carbocycles. The fourth-order valence-electron chi connectivity index (χ4n) is 2.61. The number of amides is 1. The molecule has 1 heterocycles. The average Bonchev–Trinajstić information content (AvgIpc) is 2.83. The number of ether oxygens (including phenoxy) is 1. The van der Waals surface area contributed by atoms with Crippen LogP contribution in [0, 0.1) is 11.3 Å². The SMILES string of the molecule is CCOC(=O)[C@]1(C(=O)N2CCCC2)C[C@H]1CO. The van der Waals surface area contributed by atoms with Crippen LogP contribution in [0.3, 0.4) is 0 Å². The molecule has 2 aliphatic rings. The largest absolute Gasteiger partial charge is 0.465 e. The van der Waals surface area contributed by atoms with E-state index in [0.717, 1.165) is 25.9 Å². The number of likely N-dealkylation sites (tertiary alicyclic amines) is 1. The van der Waals surface area contributed by atoms with Crippen LogP contribution in [0.4, 0.5) is 0 Å². The van der Waals surface area contributed by atoms with Crippen molar-refractivity contribution in [2.24, 2.45) is 11.3 Å². The third-order valence-corrected chi connectivity index (χ3v) is 3.74. The van der Waals surface area contributed by atoms with Crippen molar-refractivity contribution >= 4 is 11.9 Å².